The summed E-state index contributed by atoms with van der Waals surface area (Å²) in [5.74, 6) is 0.886. The largest absolute Gasteiger partial charge is 0.324 e. The molecule has 0 fully saturated rings. The molecule has 1 aromatic heterocycles. The van der Waals surface area contributed by atoms with E-state index in [0.29, 0.717) is 11.4 Å². The third-order valence-electron chi connectivity index (χ3n) is 2.84. The van der Waals surface area contributed by atoms with Gasteiger partial charge in [-0.25, -0.2) is 9.67 Å². The van der Waals surface area contributed by atoms with Gasteiger partial charge in [0.15, 0.2) is 0 Å². The molecule has 1 atom stereocenters. The molecule has 0 aliphatic rings. The van der Waals surface area contributed by atoms with Gasteiger partial charge in [0.2, 0.25) is 0 Å². The van der Waals surface area contributed by atoms with E-state index in [-0.39, 0.29) is 12.1 Å². The third kappa shape index (κ3) is 2.71. The van der Waals surface area contributed by atoms with Crippen molar-refractivity contribution in [1.82, 2.24) is 14.8 Å². The minimum atomic E-state index is -0.166. The van der Waals surface area contributed by atoms with E-state index in [2.05, 4.69) is 23.9 Å². The lowest BCUT2D eigenvalue weighted by molar-refractivity contribution is 0.493. The molecule has 1 unspecified atom stereocenters. The molecule has 0 aliphatic heterocycles. The lowest BCUT2D eigenvalue weighted by Gasteiger charge is -2.15. The maximum atomic E-state index is 6.19. The van der Waals surface area contributed by atoms with Crippen LogP contribution >= 0.6 is 11.6 Å². The van der Waals surface area contributed by atoms with Crippen molar-refractivity contribution in [2.24, 2.45) is 5.73 Å². The van der Waals surface area contributed by atoms with Crippen LogP contribution in [0.5, 0.6) is 0 Å². The first-order chi connectivity index (χ1) is 8.59. The lowest BCUT2D eigenvalue weighted by Crippen LogP contribution is -2.18. The average Bonchev–Trinajstić information content (AvgIpc) is 2.77. The first-order valence-electron chi connectivity index (χ1n) is 5.98. The van der Waals surface area contributed by atoms with Crippen molar-refractivity contribution in [2.75, 3.05) is 0 Å². The summed E-state index contributed by atoms with van der Waals surface area (Å²) in [6.07, 6.45) is 2.19. The van der Waals surface area contributed by atoms with Crippen molar-refractivity contribution in [3.8, 4) is 0 Å². The van der Waals surface area contributed by atoms with E-state index < -0.39 is 0 Å². The van der Waals surface area contributed by atoms with E-state index in [4.69, 9.17) is 17.3 Å². The molecule has 0 saturated heterocycles. The fourth-order valence-corrected chi connectivity index (χ4v) is 2.21. The molecule has 4 nitrogen and oxygen atoms in total. The van der Waals surface area contributed by atoms with Crippen LogP contribution in [0.2, 0.25) is 5.02 Å². The predicted molar refractivity (Wildman–Crippen MR) is 72.5 cm³/mol. The number of halogens is 1. The van der Waals surface area contributed by atoms with Gasteiger partial charge >= 0.3 is 0 Å². The topological polar surface area (TPSA) is 56.7 Å². The molecule has 96 valence electrons. The Hall–Kier alpha value is -1.39. The molecule has 0 bridgehead atoms. The maximum absolute atomic E-state index is 6.19. The fourth-order valence-electron chi connectivity index (χ4n) is 1.93. The zero-order chi connectivity index (χ0) is 13.1. The van der Waals surface area contributed by atoms with E-state index in [0.717, 1.165) is 11.4 Å². The van der Waals surface area contributed by atoms with E-state index in [9.17, 15) is 0 Å². The second kappa shape index (κ2) is 5.50. The highest BCUT2D eigenvalue weighted by molar-refractivity contribution is 6.31. The Balaban J connectivity index is 2.19. The van der Waals surface area contributed by atoms with Gasteiger partial charge in [-0.15, -0.1) is 0 Å². The van der Waals surface area contributed by atoms with Crippen LogP contribution in [0.4, 0.5) is 0 Å². The van der Waals surface area contributed by atoms with Crippen LogP contribution in [0.3, 0.4) is 0 Å². The molecule has 0 saturated carbocycles. The Morgan fingerprint density at radius 2 is 2.06 bits per heavy atom. The molecule has 5 heteroatoms. The quantitative estimate of drug-likeness (QED) is 0.924. The van der Waals surface area contributed by atoms with Crippen LogP contribution in [0.15, 0.2) is 30.6 Å². The molecule has 0 amide bonds. The molecule has 1 heterocycles. The summed E-state index contributed by atoms with van der Waals surface area (Å²) >= 11 is 6.14. The summed E-state index contributed by atoms with van der Waals surface area (Å²) in [4.78, 5) is 4.26. The minimum absolute atomic E-state index is 0.166. The number of benzene rings is 1. The molecule has 2 aromatic rings. The Labute approximate surface area is 112 Å². The lowest BCUT2D eigenvalue weighted by atomic mass is 10.0. The Kier molecular flexibility index (Phi) is 3.99. The highest BCUT2D eigenvalue weighted by Crippen LogP contribution is 2.23. The van der Waals surface area contributed by atoms with Crippen LogP contribution < -0.4 is 5.73 Å². The van der Waals surface area contributed by atoms with Gasteiger partial charge in [0.1, 0.15) is 12.2 Å². The fraction of sp³-hybridized carbons (Fsp3) is 0.385. The third-order valence-corrected chi connectivity index (χ3v) is 3.19. The van der Waals surface area contributed by atoms with Crippen molar-refractivity contribution < 1.29 is 0 Å². The Morgan fingerprint density at radius 3 is 2.72 bits per heavy atom. The number of hydrogen-bond acceptors (Lipinski definition) is 3. The second-order valence-corrected chi connectivity index (χ2v) is 4.95. The maximum Gasteiger partial charge on any atom is 0.138 e. The number of nitrogens with two attached hydrogens (primary N) is 1. The van der Waals surface area contributed by atoms with Gasteiger partial charge in [0.05, 0.1) is 0 Å². The summed E-state index contributed by atoms with van der Waals surface area (Å²) in [6.45, 7) is 4.14. The van der Waals surface area contributed by atoms with Gasteiger partial charge in [-0.3, -0.25) is 0 Å². The summed E-state index contributed by atoms with van der Waals surface area (Å²) < 4.78 is 1.89. The number of nitrogens with zero attached hydrogens (tertiary/aromatic N) is 3. The standard InChI is InChI=1S/C13H17ClN4/c1-9(2)18-13(16-8-17-18)7-12(15)10-5-3-4-6-11(10)14/h3-6,8-9,12H,7,15H2,1-2H3. The van der Waals surface area contributed by atoms with Gasteiger partial charge in [0, 0.05) is 23.5 Å². The molecular weight excluding hydrogens is 248 g/mol. The number of hydrogen-bond donors (Lipinski definition) is 1. The summed E-state index contributed by atoms with van der Waals surface area (Å²) in [6, 6.07) is 7.75. The summed E-state index contributed by atoms with van der Waals surface area (Å²) in [5, 5.41) is 4.90. The van der Waals surface area contributed by atoms with Crippen LogP contribution in [-0.4, -0.2) is 14.8 Å². The first-order valence-corrected chi connectivity index (χ1v) is 6.35. The zero-order valence-corrected chi connectivity index (χ0v) is 11.3. The van der Waals surface area contributed by atoms with Crippen molar-refractivity contribution >= 4 is 11.6 Å². The molecule has 1 aromatic carbocycles. The van der Waals surface area contributed by atoms with Crippen molar-refractivity contribution in [3.05, 3.63) is 47.0 Å². The van der Waals surface area contributed by atoms with Crippen LogP contribution in [0.1, 0.15) is 37.3 Å². The summed E-state index contributed by atoms with van der Waals surface area (Å²) in [5.41, 5.74) is 7.13. The number of aromatic nitrogens is 3. The smallest absolute Gasteiger partial charge is 0.138 e. The summed E-state index contributed by atoms with van der Waals surface area (Å²) in [7, 11) is 0. The second-order valence-electron chi connectivity index (χ2n) is 4.55. The van der Waals surface area contributed by atoms with Gasteiger partial charge in [-0.2, -0.15) is 5.10 Å². The Morgan fingerprint density at radius 1 is 1.33 bits per heavy atom. The van der Waals surface area contributed by atoms with Gasteiger partial charge < -0.3 is 5.73 Å². The van der Waals surface area contributed by atoms with Crippen molar-refractivity contribution in [3.63, 3.8) is 0 Å². The average molecular weight is 265 g/mol. The van der Waals surface area contributed by atoms with E-state index in [1.54, 1.807) is 6.33 Å². The molecular formula is C13H17ClN4. The minimum Gasteiger partial charge on any atom is -0.324 e. The van der Waals surface area contributed by atoms with E-state index >= 15 is 0 Å². The van der Waals surface area contributed by atoms with Crippen LogP contribution in [-0.2, 0) is 6.42 Å². The molecule has 18 heavy (non-hydrogen) atoms. The zero-order valence-electron chi connectivity index (χ0n) is 10.5. The first kappa shape index (κ1) is 13.1. The van der Waals surface area contributed by atoms with Gasteiger partial charge in [-0.1, -0.05) is 29.8 Å². The van der Waals surface area contributed by atoms with E-state index in [1.807, 2.05) is 28.9 Å². The number of rotatable bonds is 4. The molecule has 0 aliphatic carbocycles. The molecule has 2 N–H and O–H groups in total. The molecule has 0 radical (unpaired) electrons. The Bertz CT molecular complexity index is 521. The molecule has 2 rings (SSSR count). The van der Waals surface area contributed by atoms with E-state index in [1.165, 1.54) is 0 Å². The van der Waals surface area contributed by atoms with Gasteiger partial charge in [0.25, 0.3) is 0 Å². The highest BCUT2D eigenvalue weighted by atomic mass is 35.5. The molecule has 0 spiro atoms. The SMILES string of the molecule is CC(C)n1ncnc1CC(N)c1ccccc1Cl. The van der Waals surface area contributed by atoms with Gasteiger partial charge in [-0.05, 0) is 25.5 Å². The normalized spacial score (nSPS) is 12.9. The highest BCUT2D eigenvalue weighted by Gasteiger charge is 2.15. The van der Waals surface area contributed by atoms with Crippen LogP contribution in [0, 0.1) is 0 Å². The van der Waals surface area contributed by atoms with Crippen LogP contribution in [0.25, 0.3) is 0 Å². The monoisotopic (exact) mass is 264 g/mol. The predicted octanol–water partition coefficient (Wildman–Crippen LogP) is 2.75. The van der Waals surface area contributed by atoms with Crippen molar-refractivity contribution in [2.45, 2.75) is 32.4 Å². The van der Waals surface area contributed by atoms with Crippen molar-refractivity contribution in [1.29, 1.82) is 0 Å².